The second-order valence-corrected chi connectivity index (χ2v) is 11.2. The summed E-state index contributed by atoms with van der Waals surface area (Å²) >= 11 is 12.9. The van der Waals surface area contributed by atoms with Crippen molar-refractivity contribution < 1.29 is 14.3 Å². The summed E-state index contributed by atoms with van der Waals surface area (Å²) in [6.45, 7) is 9.68. The van der Waals surface area contributed by atoms with Crippen LogP contribution in [-0.4, -0.2) is 65.8 Å². The molecule has 0 spiro atoms. The van der Waals surface area contributed by atoms with Crippen LogP contribution in [0.3, 0.4) is 0 Å². The number of carbonyl (C=O) groups is 1. The summed E-state index contributed by atoms with van der Waals surface area (Å²) in [5, 5.41) is 10.3. The van der Waals surface area contributed by atoms with Crippen LogP contribution >= 0.6 is 23.2 Å². The number of aryl methyl sites for hydroxylation is 1. The lowest BCUT2D eigenvalue weighted by Crippen LogP contribution is -2.58. The van der Waals surface area contributed by atoms with Crippen LogP contribution in [-0.2, 0) is 0 Å². The van der Waals surface area contributed by atoms with Crippen molar-refractivity contribution in [2.45, 2.75) is 52.6 Å². The number of amides is 1. The predicted molar refractivity (Wildman–Crippen MR) is 156 cm³/mol. The van der Waals surface area contributed by atoms with Gasteiger partial charge in [0.1, 0.15) is 11.6 Å². The van der Waals surface area contributed by atoms with E-state index in [2.05, 4.69) is 15.0 Å². The minimum absolute atomic E-state index is 0.0408. The number of hydrogen-bond acceptors (Lipinski definition) is 7. The van der Waals surface area contributed by atoms with Gasteiger partial charge in [-0.3, -0.25) is 0 Å². The molecule has 1 aromatic carbocycles. The number of rotatable bonds is 4. The lowest BCUT2D eigenvalue weighted by Gasteiger charge is -2.43. The highest BCUT2D eigenvalue weighted by Gasteiger charge is 2.35. The molecule has 5 rings (SSSR count). The molecular formula is C28H28Cl2FN7O3. The molecule has 41 heavy (non-hydrogen) atoms. The Balaban J connectivity index is 1.86. The molecule has 1 aliphatic rings. The van der Waals surface area contributed by atoms with Gasteiger partial charge in [-0.15, -0.1) is 0 Å². The van der Waals surface area contributed by atoms with Crippen molar-refractivity contribution in [3.8, 4) is 16.9 Å². The maximum Gasteiger partial charge on any atom is 0.407 e. The molecule has 3 aromatic heterocycles. The van der Waals surface area contributed by atoms with E-state index in [0.717, 1.165) is 0 Å². The zero-order valence-electron chi connectivity index (χ0n) is 23.1. The number of nitrogens with zero attached hydrogens (tertiary/aromatic N) is 7. The van der Waals surface area contributed by atoms with Gasteiger partial charge in [-0.2, -0.15) is 4.98 Å². The molecule has 0 bridgehead atoms. The molecule has 4 heterocycles. The summed E-state index contributed by atoms with van der Waals surface area (Å²) in [6.07, 6.45) is -1.02. The van der Waals surface area contributed by atoms with Gasteiger partial charge in [0, 0.05) is 30.7 Å². The van der Waals surface area contributed by atoms with E-state index in [1.807, 2.05) is 25.7 Å². The van der Waals surface area contributed by atoms with Crippen molar-refractivity contribution >= 4 is 46.1 Å². The lowest BCUT2D eigenvalue weighted by atomic mass is 10.1. The Morgan fingerprint density at radius 3 is 2.44 bits per heavy atom. The zero-order valence-corrected chi connectivity index (χ0v) is 24.6. The summed E-state index contributed by atoms with van der Waals surface area (Å²) in [5.74, 6) is -0.363. The van der Waals surface area contributed by atoms with Crippen LogP contribution < -0.4 is 10.6 Å². The van der Waals surface area contributed by atoms with Crippen LogP contribution in [0.25, 0.3) is 28.0 Å². The van der Waals surface area contributed by atoms with Gasteiger partial charge in [-0.1, -0.05) is 37.6 Å². The number of fused-ring (bicyclic) bond motifs is 1. The second kappa shape index (κ2) is 10.9. The minimum Gasteiger partial charge on any atom is -0.465 e. The van der Waals surface area contributed by atoms with Gasteiger partial charge in [0.05, 0.1) is 33.2 Å². The fourth-order valence-electron chi connectivity index (χ4n) is 5.29. The van der Waals surface area contributed by atoms with Gasteiger partial charge in [0.25, 0.3) is 0 Å². The predicted octanol–water partition coefficient (Wildman–Crippen LogP) is 5.69. The Bertz CT molecular complexity index is 1750. The van der Waals surface area contributed by atoms with E-state index in [1.54, 1.807) is 38.1 Å². The molecule has 1 saturated heterocycles. The summed E-state index contributed by atoms with van der Waals surface area (Å²) in [7, 11) is 0. The third-order valence-electron chi connectivity index (χ3n) is 7.26. The van der Waals surface area contributed by atoms with Crippen LogP contribution in [0.5, 0.6) is 0 Å². The first-order valence-electron chi connectivity index (χ1n) is 13.1. The van der Waals surface area contributed by atoms with Gasteiger partial charge in [0.2, 0.25) is 5.28 Å². The Hall–Kier alpha value is -3.83. The smallest absolute Gasteiger partial charge is 0.407 e. The largest absolute Gasteiger partial charge is 0.465 e. The van der Waals surface area contributed by atoms with Crippen molar-refractivity contribution in [2.24, 2.45) is 0 Å². The summed E-state index contributed by atoms with van der Waals surface area (Å²) in [5.41, 5.74) is 1.18. The van der Waals surface area contributed by atoms with E-state index in [0.29, 0.717) is 28.3 Å². The molecule has 0 saturated carbocycles. The lowest BCUT2D eigenvalue weighted by molar-refractivity contribution is 0.114. The minimum atomic E-state index is -1.02. The van der Waals surface area contributed by atoms with Crippen molar-refractivity contribution in [3.05, 3.63) is 68.3 Å². The number of aromatic nitrogens is 5. The standard InChI is InChI=1S/C28H28Cl2FN7O3/c1-13(2)21-23(16(5)32-26(30)34-21)38-25-18(10-19(29)22(33-25)17-8-6-7-9-20(17)31)24(35-27(38)39)36-11-15(4)37(28(40)41)12-14(36)3/h6-10,13-15H,11-12H2,1-5H3,(H,40,41). The highest BCUT2D eigenvalue weighted by molar-refractivity contribution is 6.34. The molecule has 4 aromatic rings. The van der Waals surface area contributed by atoms with Crippen molar-refractivity contribution in [3.63, 3.8) is 0 Å². The van der Waals surface area contributed by atoms with Crippen LogP contribution in [0.4, 0.5) is 15.0 Å². The van der Waals surface area contributed by atoms with E-state index in [1.165, 1.54) is 15.5 Å². The van der Waals surface area contributed by atoms with E-state index in [9.17, 15) is 19.1 Å². The number of benzene rings is 1. The maximum atomic E-state index is 14.9. The average Bonchev–Trinajstić information content (AvgIpc) is 2.90. The first kappa shape index (κ1) is 28.7. The third kappa shape index (κ3) is 5.08. The summed E-state index contributed by atoms with van der Waals surface area (Å²) < 4.78 is 16.2. The van der Waals surface area contributed by atoms with Gasteiger partial charge in [0.15, 0.2) is 5.65 Å². The van der Waals surface area contributed by atoms with Gasteiger partial charge >= 0.3 is 11.8 Å². The van der Waals surface area contributed by atoms with Crippen LogP contribution in [0.2, 0.25) is 10.3 Å². The zero-order chi connectivity index (χ0) is 29.7. The van der Waals surface area contributed by atoms with Crippen LogP contribution in [0, 0.1) is 12.7 Å². The second-order valence-electron chi connectivity index (χ2n) is 10.5. The molecule has 0 radical (unpaired) electrons. The van der Waals surface area contributed by atoms with Crippen LogP contribution in [0.1, 0.15) is 45.0 Å². The molecule has 214 valence electrons. The molecular weight excluding hydrogens is 572 g/mol. The van der Waals surface area contributed by atoms with Gasteiger partial charge < -0.3 is 14.9 Å². The molecule has 10 nitrogen and oxygen atoms in total. The fraction of sp³-hybridized carbons (Fsp3) is 0.357. The van der Waals surface area contributed by atoms with E-state index in [-0.39, 0.29) is 58.3 Å². The number of hydrogen-bond donors (Lipinski definition) is 1. The first-order valence-corrected chi connectivity index (χ1v) is 13.8. The Morgan fingerprint density at radius 2 is 1.78 bits per heavy atom. The Kier molecular flexibility index (Phi) is 7.60. The van der Waals surface area contributed by atoms with E-state index in [4.69, 9.17) is 28.2 Å². The Labute approximate surface area is 245 Å². The SMILES string of the molecule is Cc1nc(Cl)nc(C(C)C)c1-n1c(=O)nc(N2CC(C)N(C(=O)O)CC2C)c2cc(Cl)c(-c3ccccc3F)nc21. The first-order chi connectivity index (χ1) is 19.4. The van der Waals surface area contributed by atoms with E-state index < -0.39 is 17.6 Å². The maximum absolute atomic E-state index is 14.9. The van der Waals surface area contributed by atoms with Crippen molar-refractivity contribution in [1.82, 2.24) is 29.4 Å². The number of pyridine rings is 1. The molecule has 1 aliphatic heterocycles. The molecule has 1 N–H and O–H groups in total. The van der Waals surface area contributed by atoms with Crippen molar-refractivity contribution in [1.29, 1.82) is 0 Å². The highest BCUT2D eigenvalue weighted by atomic mass is 35.5. The number of carboxylic acid groups (broad SMARTS) is 1. The molecule has 0 aliphatic carbocycles. The number of anilines is 1. The summed E-state index contributed by atoms with van der Waals surface area (Å²) in [4.78, 5) is 46.9. The quantitative estimate of drug-likeness (QED) is 0.297. The number of halogens is 3. The van der Waals surface area contributed by atoms with Gasteiger partial charge in [-0.05, 0) is 56.5 Å². The third-order valence-corrected chi connectivity index (χ3v) is 7.72. The average molecular weight is 600 g/mol. The van der Waals surface area contributed by atoms with Crippen molar-refractivity contribution in [2.75, 3.05) is 18.0 Å². The fourth-order valence-corrected chi connectivity index (χ4v) is 5.76. The molecule has 13 heteroatoms. The topological polar surface area (TPSA) is 117 Å². The monoisotopic (exact) mass is 599 g/mol. The van der Waals surface area contributed by atoms with E-state index >= 15 is 0 Å². The molecule has 1 fully saturated rings. The van der Waals surface area contributed by atoms with Crippen LogP contribution in [0.15, 0.2) is 35.1 Å². The highest BCUT2D eigenvalue weighted by Crippen LogP contribution is 2.36. The summed E-state index contributed by atoms with van der Waals surface area (Å²) in [6, 6.07) is 7.03. The molecule has 1 amide bonds. The Morgan fingerprint density at radius 1 is 1.07 bits per heavy atom. The molecule has 2 atom stereocenters. The van der Waals surface area contributed by atoms with Gasteiger partial charge in [-0.25, -0.2) is 33.5 Å². The normalized spacial score (nSPS) is 17.5. The molecule has 2 unspecified atom stereocenters. The number of piperazine rings is 1.